The van der Waals surface area contributed by atoms with E-state index >= 15 is 0 Å². The van der Waals surface area contributed by atoms with Gasteiger partial charge in [0, 0.05) is 26.2 Å². The van der Waals surface area contributed by atoms with Crippen LogP contribution >= 0.6 is 0 Å². The molecule has 0 amide bonds. The molecule has 0 bridgehead atoms. The Kier molecular flexibility index (Phi) is 6.44. The number of aromatic nitrogens is 4. The molecule has 3 rings (SSSR count). The first-order chi connectivity index (χ1) is 14.4. The number of rotatable bonds is 8. The number of benzene rings is 1. The second-order valence-electron chi connectivity index (χ2n) is 7.07. The maximum Gasteiger partial charge on any atom is 0.332 e. The van der Waals surface area contributed by atoms with Crippen LogP contribution in [0.4, 0.5) is 0 Å². The molecule has 160 valence electrons. The third kappa shape index (κ3) is 3.90. The predicted octanol–water partition coefficient (Wildman–Crippen LogP) is 2.90. The number of imidazole rings is 1. The van der Waals surface area contributed by atoms with Gasteiger partial charge in [-0.1, -0.05) is 19.9 Å². The van der Waals surface area contributed by atoms with Crippen molar-refractivity contribution in [3.05, 3.63) is 50.4 Å². The fourth-order valence-electron chi connectivity index (χ4n) is 3.47. The van der Waals surface area contributed by atoms with Gasteiger partial charge in [0.25, 0.3) is 5.56 Å². The minimum absolute atomic E-state index is 0.303. The van der Waals surface area contributed by atoms with E-state index in [0.717, 1.165) is 12.0 Å². The van der Waals surface area contributed by atoms with E-state index in [2.05, 4.69) is 4.98 Å². The van der Waals surface area contributed by atoms with Gasteiger partial charge in [0.15, 0.2) is 11.2 Å². The van der Waals surface area contributed by atoms with E-state index in [4.69, 9.17) is 9.47 Å². The van der Waals surface area contributed by atoms with E-state index in [0.29, 0.717) is 48.0 Å². The van der Waals surface area contributed by atoms with Crippen LogP contribution in [-0.4, -0.2) is 32.9 Å². The maximum absolute atomic E-state index is 13.0. The van der Waals surface area contributed by atoms with Crippen molar-refractivity contribution in [2.75, 3.05) is 14.2 Å². The molecule has 1 aromatic carbocycles. The molecule has 0 saturated carbocycles. The van der Waals surface area contributed by atoms with Crippen molar-refractivity contribution >= 4 is 23.3 Å². The number of methoxy groups -OCH3 is 2. The lowest BCUT2D eigenvalue weighted by Crippen LogP contribution is -2.40. The molecular formula is C22H28N4O4. The predicted molar refractivity (Wildman–Crippen MR) is 118 cm³/mol. The average Bonchev–Trinajstić information content (AvgIpc) is 3.08. The quantitative estimate of drug-likeness (QED) is 0.568. The van der Waals surface area contributed by atoms with Gasteiger partial charge in [-0.3, -0.25) is 13.9 Å². The van der Waals surface area contributed by atoms with Crippen molar-refractivity contribution in [3.8, 4) is 11.5 Å². The molecule has 0 saturated heterocycles. The molecule has 0 spiro atoms. The minimum Gasteiger partial charge on any atom is -0.497 e. The summed E-state index contributed by atoms with van der Waals surface area (Å²) in [5, 5.41) is 0. The van der Waals surface area contributed by atoms with E-state index in [1.807, 2.05) is 38.1 Å². The number of hydrogen-bond donors (Lipinski definition) is 0. The van der Waals surface area contributed by atoms with Gasteiger partial charge in [0.05, 0.1) is 14.2 Å². The van der Waals surface area contributed by atoms with Crippen LogP contribution in [0.3, 0.4) is 0 Å². The van der Waals surface area contributed by atoms with Gasteiger partial charge in [-0.2, -0.15) is 0 Å². The van der Waals surface area contributed by atoms with E-state index in [1.54, 1.807) is 36.5 Å². The Balaban J connectivity index is 2.17. The molecule has 0 fully saturated rings. The SMILES string of the molecule is CCCn1c(=O)c2c(nc(/C=C/c3cc(OC)cc(OC)c3)n2C)n(CCC)c1=O. The highest BCUT2D eigenvalue weighted by Gasteiger charge is 2.18. The number of fused-ring (bicyclic) bond motifs is 1. The van der Waals surface area contributed by atoms with Crippen molar-refractivity contribution < 1.29 is 9.47 Å². The van der Waals surface area contributed by atoms with Gasteiger partial charge in [0.1, 0.15) is 17.3 Å². The Bertz CT molecular complexity index is 1180. The first-order valence-electron chi connectivity index (χ1n) is 10.1. The summed E-state index contributed by atoms with van der Waals surface area (Å²) < 4.78 is 15.3. The third-order valence-corrected chi connectivity index (χ3v) is 4.97. The highest BCUT2D eigenvalue weighted by Crippen LogP contribution is 2.24. The van der Waals surface area contributed by atoms with Gasteiger partial charge in [-0.25, -0.2) is 9.78 Å². The maximum atomic E-state index is 13.0. The Morgan fingerprint density at radius 3 is 2.10 bits per heavy atom. The van der Waals surface area contributed by atoms with E-state index in [-0.39, 0.29) is 11.2 Å². The van der Waals surface area contributed by atoms with Crippen LogP contribution in [0.1, 0.15) is 38.1 Å². The molecule has 0 atom stereocenters. The normalized spacial score (nSPS) is 11.5. The summed E-state index contributed by atoms with van der Waals surface area (Å²) in [6.07, 6.45) is 5.16. The van der Waals surface area contributed by atoms with E-state index in [9.17, 15) is 9.59 Å². The van der Waals surface area contributed by atoms with Crippen LogP contribution in [0, 0.1) is 0 Å². The zero-order valence-corrected chi connectivity index (χ0v) is 18.1. The minimum atomic E-state index is -0.304. The number of nitrogens with zero attached hydrogens (tertiary/aromatic N) is 4. The highest BCUT2D eigenvalue weighted by atomic mass is 16.5. The Morgan fingerprint density at radius 1 is 0.933 bits per heavy atom. The molecular weight excluding hydrogens is 384 g/mol. The first kappa shape index (κ1) is 21.4. The molecule has 0 unspecified atom stereocenters. The highest BCUT2D eigenvalue weighted by molar-refractivity contribution is 5.77. The molecule has 30 heavy (non-hydrogen) atoms. The summed E-state index contributed by atoms with van der Waals surface area (Å²) in [5.41, 5.74) is 1.11. The molecule has 0 aliphatic rings. The van der Waals surface area contributed by atoms with Crippen LogP contribution < -0.4 is 20.7 Å². The Hall–Kier alpha value is -3.29. The molecule has 2 aromatic heterocycles. The van der Waals surface area contributed by atoms with Gasteiger partial charge in [0.2, 0.25) is 0 Å². The molecule has 0 radical (unpaired) electrons. The second kappa shape index (κ2) is 9.02. The summed E-state index contributed by atoms with van der Waals surface area (Å²) in [7, 11) is 4.99. The largest absolute Gasteiger partial charge is 0.497 e. The summed E-state index contributed by atoms with van der Waals surface area (Å²) in [6, 6.07) is 5.55. The summed E-state index contributed by atoms with van der Waals surface area (Å²) >= 11 is 0. The lowest BCUT2D eigenvalue weighted by atomic mass is 10.2. The number of ether oxygens (including phenoxy) is 2. The van der Waals surface area contributed by atoms with Crippen molar-refractivity contribution in [1.82, 2.24) is 18.7 Å². The summed E-state index contributed by atoms with van der Waals surface area (Å²) in [5.74, 6) is 1.94. The molecule has 0 aliphatic heterocycles. The zero-order valence-electron chi connectivity index (χ0n) is 18.1. The van der Waals surface area contributed by atoms with E-state index in [1.165, 1.54) is 4.57 Å². The van der Waals surface area contributed by atoms with Crippen LogP contribution in [0.25, 0.3) is 23.3 Å². The third-order valence-electron chi connectivity index (χ3n) is 4.97. The molecule has 2 heterocycles. The smallest absolute Gasteiger partial charge is 0.332 e. The number of hydrogen-bond acceptors (Lipinski definition) is 5. The second-order valence-corrected chi connectivity index (χ2v) is 7.07. The van der Waals surface area contributed by atoms with E-state index < -0.39 is 0 Å². The van der Waals surface area contributed by atoms with Crippen molar-refractivity contribution in [1.29, 1.82) is 0 Å². The van der Waals surface area contributed by atoms with Gasteiger partial charge in [-0.05, 0) is 36.6 Å². The molecule has 0 aliphatic carbocycles. The van der Waals surface area contributed by atoms with Crippen LogP contribution in [0.15, 0.2) is 27.8 Å². The van der Waals surface area contributed by atoms with Crippen molar-refractivity contribution in [2.24, 2.45) is 7.05 Å². The van der Waals surface area contributed by atoms with Gasteiger partial charge >= 0.3 is 5.69 Å². The molecule has 8 nitrogen and oxygen atoms in total. The lowest BCUT2D eigenvalue weighted by Gasteiger charge is -2.10. The lowest BCUT2D eigenvalue weighted by molar-refractivity contribution is 0.394. The standard InChI is InChI=1S/C22H28N4O4/c1-6-10-25-20-19(21(27)26(11-7-2)22(25)28)24(3)18(23-20)9-8-15-12-16(29-4)14-17(13-15)30-5/h8-9,12-14H,6-7,10-11H2,1-5H3/b9-8+. The summed E-state index contributed by atoms with van der Waals surface area (Å²) in [6.45, 7) is 4.83. The molecule has 0 N–H and O–H groups in total. The first-order valence-corrected chi connectivity index (χ1v) is 10.1. The number of aryl methyl sites for hydroxylation is 2. The Labute approximate surface area is 175 Å². The van der Waals surface area contributed by atoms with Crippen LogP contribution in [0.2, 0.25) is 0 Å². The monoisotopic (exact) mass is 412 g/mol. The van der Waals surface area contributed by atoms with Crippen molar-refractivity contribution in [3.63, 3.8) is 0 Å². The fourth-order valence-corrected chi connectivity index (χ4v) is 3.47. The zero-order chi connectivity index (χ0) is 21.8. The topological polar surface area (TPSA) is 80.3 Å². The van der Waals surface area contributed by atoms with Gasteiger partial charge in [-0.15, -0.1) is 0 Å². The van der Waals surface area contributed by atoms with Crippen LogP contribution in [-0.2, 0) is 20.1 Å². The van der Waals surface area contributed by atoms with Gasteiger partial charge < -0.3 is 14.0 Å². The van der Waals surface area contributed by atoms with Crippen molar-refractivity contribution in [2.45, 2.75) is 39.8 Å². The van der Waals surface area contributed by atoms with Crippen LogP contribution in [0.5, 0.6) is 11.5 Å². The molecule has 8 heteroatoms. The average molecular weight is 412 g/mol. The summed E-state index contributed by atoms with van der Waals surface area (Å²) in [4.78, 5) is 30.5. The molecule has 3 aromatic rings. The Morgan fingerprint density at radius 2 is 1.53 bits per heavy atom. The fraction of sp³-hybridized carbons (Fsp3) is 0.409.